The number of rotatable bonds is 3. The summed E-state index contributed by atoms with van der Waals surface area (Å²) in [7, 11) is 2.19. The molecule has 0 saturated carbocycles. The first-order valence-electron chi connectivity index (χ1n) is 6.86. The Hall–Kier alpha value is -1.81. The lowest BCUT2D eigenvalue weighted by Crippen LogP contribution is -2.36. The molecular formula is C15H20N4. The van der Waals surface area contributed by atoms with Gasteiger partial charge in [-0.15, -0.1) is 0 Å². The summed E-state index contributed by atoms with van der Waals surface area (Å²) in [5.41, 5.74) is 3.43. The van der Waals surface area contributed by atoms with Crippen LogP contribution in [0.5, 0.6) is 0 Å². The van der Waals surface area contributed by atoms with E-state index < -0.39 is 0 Å². The van der Waals surface area contributed by atoms with Gasteiger partial charge in [0.05, 0.1) is 5.69 Å². The molecule has 19 heavy (non-hydrogen) atoms. The fourth-order valence-corrected chi connectivity index (χ4v) is 2.58. The molecule has 0 spiro atoms. The Morgan fingerprint density at radius 1 is 1.26 bits per heavy atom. The van der Waals surface area contributed by atoms with Crippen LogP contribution in [0.1, 0.15) is 12.8 Å². The molecule has 0 radical (unpaired) electrons. The molecule has 1 aliphatic rings. The van der Waals surface area contributed by atoms with Crippen molar-refractivity contribution < 1.29 is 0 Å². The van der Waals surface area contributed by atoms with E-state index in [-0.39, 0.29) is 0 Å². The van der Waals surface area contributed by atoms with Gasteiger partial charge in [0.2, 0.25) is 0 Å². The van der Waals surface area contributed by atoms with E-state index in [1.54, 1.807) is 6.20 Å². The Balaban J connectivity index is 1.70. The van der Waals surface area contributed by atoms with E-state index in [1.165, 1.54) is 37.2 Å². The molecule has 0 unspecified atom stereocenters. The molecule has 1 fully saturated rings. The van der Waals surface area contributed by atoms with Gasteiger partial charge in [-0.25, -0.2) is 0 Å². The zero-order valence-corrected chi connectivity index (χ0v) is 11.3. The topological polar surface area (TPSA) is 44.0 Å². The summed E-state index contributed by atoms with van der Waals surface area (Å²) in [5.74, 6) is 0. The van der Waals surface area contributed by atoms with Crippen molar-refractivity contribution >= 4 is 5.69 Å². The van der Waals surface area contributed by atoms with Crippen molar-refractivity contribution in [3.63, 3.8) is 0 Å². The summed E-state index contributed by atoms with van der Waals surface area (Å²) in [4.78, 5) is 2.39. The first-order chi connectivity index (χ1) is 9.31. The van der Waals surface area contributed by atoms with Crippen LogP contribution in [-0.4, -0.2) is 41.3 Å². The molecule has 0 bridgehead atoms. The molecular weight excluding hydrogens is 236 g/mol. The SMILES string of the molecule is CN1CCC(Nc2cccc(-c3ccn[nH]3)c2)CC1. The molecule has 1 aromatic heterocycles. The minimum absolute atomic E-state index is 0.591. The van der Waals surface area contributed by atoms with E-state index in [9.17, 15) is 0 Å². The number of benzene rings is 1. The van der Waals surface area contributed by atoms with Crippen LogP contribution in [0.4, 0.5) is 5.69 Å². The summed E-state index contributed by atoms with van der Waals surface area (Å²) < 4.78 is 0. The molecule has 100 valence electrons. The van der Waals surface area contributed by atoms with Crippen LogP contribution in [0.3, 0.4) is 0 Å². The minimum Gasteiger partial charge on any atom is -0.382 e. The molecule has 1 aliphatic heterocycles. The molecule has 2 aromatic rings. The van der Waals surface area contributed by atoms with Crippen molar-refractivity contribution in [3.05, 3.63) is 36.5 Å². The molecule has 3 rings (SSSR count). The van der Waals surface area contributed by atoms with Crippen LogP contribution in [0.25, 0.3) is 11.3 Å². The molecule has 1 aromatic carbocycles. The highest BCUT2D eigenvalue weighted by molar-refractivity contribution is 5.64. The van der Waals surface area contributed by atoms with Crippen molar-refractivity contribution in [1.82, 2.24) is 15.1 Å². The van der Waals surface area contributed by atoms with Gasteiger partial charge in [-0.2, -0.15) is 5.10 Å². The number of hydrogen-bond acceptors (Lipinski definition) is 3. The van der Waals surface area contributed by atoms with Crippen molar-refractivity contribution in [3.8, 4) is 11.3 Å². The summed E-state index contributed by atoms with van der Waals surface area (Å²) >= 11 is 0. The molecule has 0 aliphatic carbocycles. The van der Waals surface area contributed by atoms with Crippen LogP contribution in [-0.2, 0) is 0 Å². The van der Waals surface area contributed by atoms with Gasteiger partial charge < -0.3 is 10.2 Å². The van der Waals surface area contributed by atoms with E-state index >= 15 is 0 Å². The van der Waals surface area contributed by atoms with Crippen molar-refractivity contribution in [2.75, 3.05) is 25.5 Å². The first-order valence-corrected chi connectivity index (χ1v) is 6.86. The molecule has 1 saturated heterocycles. The largest absolute Gasteiger partial charge is 0.382 e. The summed E-state index contributed by atoms with van der Waals surface area (Å²) in [6.07, 6.45) is 4.21. The van der Waals surface area contributed by atoms with Crippen LogP contribution < -0.4 is 5.32 Å². The van der Waals surface area contributed by atoms with Gasteiger partial charge in [-0.05, 0) is 51.2 Å². The standard InChI is InChI=1S/C15H20N4/c1-19-9-6-13(7-10-19)17-14-4-2-3-12(11-14)15-5-8-16-18-15/h2-5,8,11,13,17H,6-7,9-10H2,1H3,(H,16,18). The number of H-pyrrole nitrogens is 1. The molecule has 4 nitrogen and oxygen atoms in total. The van der Waals surface area contributed by atoms with Gasteiger partial charge in [0.25, 0.3) is 0 Å². The third-order valence-corrected chi connectivity index (χ3v) is 3.76. The zero-order chi connectivity index (χ0) is 13.1. The second-order valence-electron chi connectivity index (χ2n) is 5.27. The lowest BCUT2D eigenvalue weighted by molar-refractivity contribution is 0.264. The highest BCUT2D eigenvalue weighted by atomic mass is 15.1. The Labute approximate surface area is 113 Å². The first kappa shape index (κ1) is 12.2. The quantitative estimate of drug-likeness (QED) is 0.887. The van der Waals surface area contributed by atoms with E-state index in [2.05, 4.69) is 51.7 Å². The molecule has 4 heteroatoms. The number of hydrogen-bond donors (Lipinski definition) is 2. The number of anilines is 1. The van der Waals surface area contributed by atoms with Crippen LogP contribution in [0.15, 0.2) is 36.5 Å². The Morgan fingerprint density at radius 2 is 2.11 bits per heavy atom. The minimum atomic E-state index is 0.591. The van der Waals surface area contributed by atoms with E-state index in [0.29, 0.717) is 6.04 Å². The summed E-state index contributed by atoms with van der Waals surface area (Å²) in [6, 6.07) is 11.1. The van der Waals surface area contributed by atoms with Crippen LogP contribution >= 0.6 is 0 Å². The molecule has 2 heterocycles. The lowest BCUT2D eigenvalue weighted by atomic mass is 10.0. The molecule has 0 atom stereocenters. The normalized spacial score (nSPS) is 17.5. The van der Waals surface area contributed by atoms with Gasteiger partial charge >= 0.3 is 0 Å². The van der Waals surface area contributed by atoms with E-state index in [1.807, 2.05) is 6.07 Å². The van der Waals surface area contributed by atoms with E-state index in [4.69, 9.17) is 0 Å². The predicted molar refractivity (Wildman–Crippen MR) is 78.2 cm³/mol. The molecule has 2 N–H and O–H groups in total. The van der Waals surface area contributed by atoms with Gasteiger partial charge in [-0.1, -0.05) is 12.1 Å². The maximum absolute atomic E-state index is 4.00. The van der Waals surface area contributed by atoms with Gasteiger partial charge in [0.1, 0.15) is 0 Å². The monoisotopic (exact) mass is 256 g/mol. The second-order valence-corrected chi connectivity index (χ2v) is 5.27. The number of nitrogens with one attached hydrogen (secondary N) is 2. The fraction of sp³-hybridized carbons (Fsp3) is 0.400. The van der Waals surface area contributed by atoms with E-state index in [0.717, 1.165) is 5.69 Å². The summed E-state index contributed by atoms with van der Waals surface area (Å²) in [5, 5.41) is 10.6. The Bertz CT molecular complexity index is 513. The average Bonchev–Trinajstić information content (AvgIpc) is 2.96. The van der Waals surface area contributed by atoms with Gasteiger partial charge in [0, 0.05) is 23.5 Å². The van der Waals surface area contributed by atoms with Crippen molar-refractivity contribution in [2.45, 2.75) is 18.9 Å². The lowest BCUT2D eigenvalue weighted by Gasteiger charge is -2.30. The maximum atomic E-state index is 4.00. The van der Waals surface area contributed by atoms with Gasteiger partial charge in [0.15, 0.2) is 0 Å². The second kappa shape index (κ2) is 5.45. The number of piperidine rings is 1. The predicted octanol–water partition coefficient (Wildman–Crippen LogP) is 2.58. The number of aromatic nitrogens is 2. The van der Waals surface area contributed by atoms with Crippen molar-refractivity contribution in [1.29, 1.82) is 0 Å². The number of likely N-dealkylation sites (tertiary alicyclic amines) is 1. The number of nitrogens with zero attached hydrogens (tertiary/aromatic N) is 2. The smallest absolute Gasteiger partial charge is 0.0650 e. The third-order valence-electron chi connectivity index (χ3n) is 3.76. The maximum Gasteiger partial charge on any atom is 0.0650 e. The average molecular weight is 256 g/mol. The summed E-state index contributed by atoms with van der Waals surface area (Å²) in [6.45, 7) is 2.36. The Kier molecular flexibility index (Phi) is 3.51. The van der Waals surface area contributed by atoms with Gasteiger partial charge in [-0.3, -0.25) is 5.10 Å². The fourth-order valence-electron chi connectivity index (χ4n) is 2.58. The molecule has 0 amide bonds. The zero-order valence-electron chi connectivity index (χ0n) is 11.3. The highest BCUT2D eigenvalue weighted by Crippen LogP contribution is 2.22. The van der Waals surface area contributed by atoms with Crippen LogP contribution in [0.2, 0.25) is 0 Å². The van der Waals surface area contributed by atoms with Crippen molar-refractivity contribution in [2.24, 2.45) is 0 Å². The third kappa shape index (κ3) is 2.96. The Morgan fingerprint density at radius 3 is 2.84 bits per heavy atom. The van der Waals surface area contributed by atoms with Crippen LogP contribution in [0, 0.1) is 0 Å². The number of aromatic amines is 1. The highest BCUT2D eigenvalue weighted by Gasteiger charge is 2.16.